The Kier molecular flexibility index (Phi) is 6.92. The summed E-state index contributed by atoms with van der Waals surface area (Å²) in [6, 6.07) is 13.6. The van der Waals surface area contributed by atoms with Crippen molar-refractivity contribution in [2.45, 2.75) is 19.4 Å². The van der Waals surface area contributed by atoms with E-state index in [0.29, 0.717) is 11.5 Å². The highest BCUT2D eigenvalue weighted by Gasteiger charge is 2.24. The maximum atomic E-state index is 13.6. The van der Waals surface area contributed by atoms with Gasteiger partial charge in [-0.25, -0.2) is 9.97 Å². The number of carbonyl (C=O) groups is 1. The first-order chi connectivity index (χ1) is 18.5. The number of morpholine rings is 1. The van der Waals surface area contributed by atoms with Crippen LogP contribution in [-0.2, 0) is 18.3 Å². The molecule has 4 aromatic rings. The summed E-state index contributed by atoms with van der Waals surface area (Å²) in [4.78, 5) is 27.5. The predicted octanol–water partition coefficient (Wildman–Crippen LogP) is 3.45. The van der Waals surface area contributed by atoms with E-state index in [9.17, 15) is 4.79 Å². The van der Waals surface area contributed by atoms with Gasteiger partial charge < -0.3 is 20.7 Å². The molecule has 10 heteroatoms. The lowest BCUT2D eigenvalue weighted by atomic mass is 10.1. The van der Waals surface area contributed by atoms with Gasteiger partial charge in [-0.2, -0.15) is 4.57 Å². The van der Waals surface area contributed by atoms with Crippen molar-refractivity contribution in [3.8, 4) is 11.3 Å². The van der Waals surface area contributed by atoms with Crippen molar-refractivity contribution in [1.82, 2.24) is 14.9 Å². The van der Waals surface area contributed by atoms with Gasteiger partial charge in [0, 0.05) is 43.7 Å². The van der Waals surface area contributed by atoms with E-state index in [4.69, 9.17) is 15.5 Å². The molecule has 6 rings (SSSR count). The zero-order valence-electron chi connectivity index (χ0n) is 21.5. The third-order valence-corrected chi connectivity index (χ3v) is 8.35. The molecule has 1 amide bonds. The minimum atomic E-state index is -0.155. The lowest BCUT2D eigenvalue weighted by Gasteiger charge is -2.25. The number of anilines is 3. The summed E-state index contributed by atoms with van der Waals surface area (Å²) in [6.07, 6.45) is 4.15. The summed E-state index contributed by atoms with van der Waals surface area (Å²) in [5, 5.41) is 4.24. The van der Waals surface area contributed by atoms with E-state index in [1.54, 1.807) is 23.6 Å². The number of nitrogens with zero attached hydrogens (tertiary/aromatic N) is 5. The van der Waals surface area contributed by atoms with Gasteiger partial charge in [0.15, 0.2) is 5.13 Å². The molecule has 9 nitrogen and oxygen atoms in total. The summed E-state index contributed by atoms with van der Waals surface area (Å²) < 4.78 is 8.48. The zero-order valence-corrected chi connectivity index (χ0v) is 22.3. The first kappa shape index (κ1) is 24.7. The van der Waals surface area contributed by atoms with Gasteiger partial charge >= 0.3 is 5.91 Å². The number of likely N-dealkylation sites (tertiary alicyclic amines) is 1. The van der Waals surface area contributed by atoms with Crippen LogP contribution in [0.3, 0.4) is 0 Å². The smallest absolute Gasteiger partial charge is 0.320 e. The molecule has 0 atom stereocenters. The second kappa shape index (κ2) is 10.6. The van der Waals surface area contributed by atoms with Gasteiger partial charge in [0.2, 0.25) is 5.69 Å². The number of thiazole rings is 1. The number of ether oxygens (including phenoxy) is 1. The minimum Gasteiger partial charge on any atom is -0.384 e. The molecule has 0 saturated carbocycles. The maximum Gasteiger partial charge on any atom is 0.320 e. The molecule has 0 radical (unpaired) electrons. The van der Waals surface area contributed by atoms with Crippen LogP contribution >= 0.6 is 11.3 Å². The van der Waals surface area contributed by atoms with Crippen LogP contribution in [0.5, 0.6) is 0 Å². The van der Waals surface area contributed by atoms with Gasteiger partial charge in [0.05, 0.1) is 29.0 Å². The highest BCUT2D eigenvalue weighted by molar-refractivity contribution is 7.22. The quantitative estimate of drug-likeness (QED) is 0.368. The Labute approximate surface area is 225 Å². The van der Waals surface area contributed by atoms with E-state index < -0.39 is 0 Å². The van der Waals surface area contributed by atoms with Crippen molar-refractivity contribution in [2.24, 2.45) is 7.05 Å². The van der Waals surface area contributed by atoms with Crippen molar-refractivity contribution in [3.05, 3.63) is 59.9 Å². The Bertz CT molecular complexity index is 1460. The van der Waals surface area contributed by atoms with Crippen LogP contribution in [0, 0.1) is 0 Å². The predicted molar refractivity (Wildman–Crippen MR) is 150 cm³/mol. The van der Waals surface area contributed by atoms with Crippen molar-refractivity contribution in [1.29, 1.82) is 0 Å². The number of aromatic nitrogens is 3. The maximum absolute atomic E-state index is 13.6. The van der Waals surface area contributed by atoms with Crippen molar-refractivity contribution >= 4 is 44.1 Å². The summed E-state index contributed by atoms with van der Waals surface area (Å²) in [5.41, 5.74) is 11.0. The molecule has 1 aromatic carbocycles. The number of amides is 1. The van der Waals surface area contributed by atoms with Gasteiger partial charge in [-0.05, 0) is 61.8 Å². The lowest BCUT2D eigenvalue weighted by molar-refractivity contribution is -0.662. The van der Waals surface area contributed by atoms with E-state index in [2.05, 4.69) is 32.2 Å². The van der Waals surface area contributed by atoms with Crippen molar-refractivity contribution in [3.63, 3.8) is 0 Å². The molecule has 2 fully saturated rings. The van der Waals surface area contributed by atoms with Crippen molar-refractivity contribution < 1.29 is 14.1 Å². The molecule has 3 N–H and O–H groups in total. The Morgan fingerprint density at radius 3 is 2.71 bits per heavy atom. The zero-order chi connectivity index (χ0) is 26.1. The number of pyridine rings is 2. The number of nitrogen functional groups attached to an aromatic ring is 1. The average Bonchev–Trinajstić information content (AvgIpc) is 3.60. The number of nitrogens with two attached hydrogens (primary N) is 1. The van der Waals surface area contributed by atoms with E-state index in [-0.39, 0.29) is 5.91 Å². The lowest BCUT2D eigenvalue weighted by Crippen LogP contribution is -2.40. The molecule has 2 saturated heterocycles. The summed E-state index contributed by atoms with van der Waals surface area (Å²) in [7, 11) is 1.90. The van der Waals surface area contributed by atoms with E-state index in [1.165, 1.54) is 12.8 Å². The highest BCUT2D eigenvalue weighted by atomic mass is 32.1. The first-order valence-corrected chi connectivity index (χ1v) is 13.9. The second-order valence-corrected chi connectivity index (χ2v) is 10.8. The van der Waals surface area contributed by atoms with Crippen LogP contribution in [0.1, 0.15) is 28.9 Å². The van der Waals surface area contributed by atoms with Crippen molar-refractivity contribution in [2.75, 3.05) is 55.3 Å². The van der Waals surface area contributed by atoms with E-state index in [0.717, 1.165) is 83.8 Å². The third kappa shape index (κ3) is 5.07. The molecule has 0 bridgehead atoms. The van der Waals surface area contributed by atoms with Gasteiger partial charge in [0.1, 0.15) is 12.9 Å². The fourth-order valence-corrected chi connectivity index (χ4v) is 6.21. The number of carbonyl (C=O) groups excluding carboxylic acids is 1. The fourth-order valence-electron chi connectivity index (χ4n) is 5.17. The van der Waals surface area contributed by atoms with Crippen LogP contribution < -0.4 is 20.5 Å². The van der Waals surface area contributed by atoms with Crippen LogP contribution in [0.25, 0.3) is 21.5 Å². The number of hydrogen-bond acceptors (Lipinski definition) is 8. The van der Waals surface area contributed by atoms with Crippen LogP contribution in [0.4, 0.5) is 16.6 Å². The van der Waals surface area contributed by atoms with Crippen LogP contribution in [0.15, 0.2) is 48.7 Å². The highest BCUT2D eigenvalue weighted by Crippen LogP contribution is 2.34. The Morgan fingerprint density at radius 1 is 1.13 bits per heavy atom. The molecule has 0 spiro atoms. The second-order valence-electron chi connectivity index (χ2n) is 9.84. The van der Waals surface area contributed by atoms with E-state index >= 15 is 0 Å². The normalized spacial score (nSPS) is 16.3. The molecular formula is C28H32N7O2S+. The molecular weight excluding hydrogens is 498 g/mol. The molecule has 0 unspecified atom stereocenters. The molecule has 0 aliphatic carbocycles. The number of rotatable bonds is 6. The van der Waals surface area contributed by atoms with E-state index in [1.807, 2.05) is 35.9 Å². The Balaban J connectivity index is 1.33. The van der Waals surface area contributed by atoms with Gasteiger partial charge in [0.25, 0.3) is 5.69 Å². The number of nitrogens with one attached hydrogen (secondary N) is 1. The standard InChI is InChI=1S/C28H31N7O2S/c1-33-23(19-7-8-26(29)30-17-19)5-4-6-24(33)27(36)31-21-16-25-22(15-20(21)18-34-9-2-3-10-34)32-28(38-25)35-11-13-37-14-12-35/h4-8,15-17,29H,2-3,9-14,18H2,1H3,(H,31,36)/p+1. The van der Waals surface area contributed by atoms with Gasteiger partial charge in [-0.3, -0.25) is 9.69 Å². The topological polar surface area (TPSA) is 100 Å². The fraction of sp³-hybridized carbons (Fsp3) is 0.357. The largest absolute Gasteiger partial charge is 0.384 e. The Morgan fingerprint density at radius 2 is 1.95 bits per heavy atom. The molecule has 2 aliphatic heterocycles. The average molecular weight is 531 g/mol. The molecule has 196 valence electrons. The molecule has 3 aromatic heterocycles. The summed E-state index contributed by atoms with van der Waals surface area (Å²) in [5.74, 6) is 0.309. The monoisotopic (exact) mass is 530 g/mol. The number of benzene rings is 1. The number of hydrogen-bond donors (Lipinski definition) is 2. The summed E-state index contributed by atoms with van der Waals surface area (Å²) in [6.45, 7) is 6.09. The van der Waals surface area contributed by atoms with Gasteiger partial charge in [-0.15, -0.1) is 0 Å². The minimum absolute atomic E-state index is 0.155. The molecule has 38 heavy (non-hydrogen) atoms. The third-order valence-electron chi connectivity index (χ3n) is 7.27. The van der Waals surface area contributed by atoms with Crippen LogP contribution in [-0.4, -0.2) is 60.2 Å². The number of fused-ring (bicyclic) bond motifs is 1. The Hall–Kier alpha value is -3.60. The van der Waals surface area contributed by atoms with Gasteiger partial charge in [-0.1, -0.05) is 11.3 Å². The molecule has 2 aliphatic rings. The first-order valence-electron chi connectivity index (χ1n) is 13.1. The molecule has 5 heterocycles. The van der Waals surface area contributed by atoms with Crippen LogP contribution in [0.2, 0.25) is 0 Å². The summed E-state index contributed by atoms with van der Waals surface area (Å²) >= 11 is 1.67. The SMILES string of the molecule is C[n+]1c(C(=O)Nc2cc3sc(N4CCOCC4)nc3cc2CN2CCCC2)cccc1-c1ccc(N)nc1.